The second kappa shape index (κ2) is 14.8. The van der Waals surface area contributed by atoms with Gasteiger partial charge in [-0.15, -0.1) is 0 Å². The molecular formula is C39H34ClF6N7O4. The van der Waals surface area contributed by atoms with Gasteiger partial charge in [-0.05, 0) is 74.4 Å². The number of aliphatic hydroxyl groups is 1. The molecule has 2 aliphatic rings. The number of pyridine rings is 1. The first-order chi connectivity index (χ1) is 26.9. The normalized spacial score (nSPS) is 17.2. The Labute approximate surface area is 326 Å². The summed E-state index contributed by atoms with van der Waals surface area (Å²) in [6.45, 7) is 1.72. The van der Waals surface area contributed by atoms with E-state index in [0.717, 1.165) is 12.1 Å². The minimum Gasteiger partial charge on any atom is -0.378 e. The van der Waals surface area contributed by atoms with Crippen LogP contribution in [-0.2, 0) is 40.3 Å². The highest BCUT2D eigenvalue weighted by Crippen LogP contribution is 2.68. The number of anilines is 1. The monoisotopic (exact) mass is 813 g/mol. The molecule has 3 heterocycles. The fourth-order valence-corrected chi connectivity index (χ4v) is 7.61. The summed E-state index contributed by atoms with van der Waals surface area (Å²) in [5.41, 5.74) is -1.89. The topological polar surface area (TPSA) is 136 Å². The number of halogens is 7. The molecule has 7 rings (SSSR count). The second-order valence-corrected chi connectivity index (χ2v) is 14.9. The van der Waals surface area contributed by atoms with Crippen molar-refractivity contribution in [2.45, 2.75) is 63.1 Å². The van der Waals surface area contributed by atoms with E-state index in [1.807, 2.05) is 0 Å². The van der Waals surface area contributed by atoms with Gasteiger partial charge in [0.15, 0.2) is 5.82 Å². The quantitative estimate of drug-likeness (QED) is 0.0996. The number of carbonyl (C=O) groups excluding carboxylic acids is 2. The number of benzene rings is 2. The molecule has 57 heavy (non-hydrogen) atoms. The minimum atomic E-state index is -3.49. The minimum absolute atomic E-state index is 0.0284. The maximum atomic E-state index is 15.4. The molecule has 2 aliphatic carbocycles. The molecule has 1 saturated carbocycles. The van der Waals surface area contributed by atoms with Crippen molar-refractivity contribution >= 4 is 40.1 Å². The molecule has 1 fully saturated rings. The molecule has 3 atom stereocenters. The molecule has 298 valence electrons. The van der Waals surface area contributed by atoms with Crippen LogP contribution in [0, 0.1) is 29.4 Å². The summed E-state index contributed by atoms with van der Waals surface area (Å²) in [6.07, 6.45) is -3.45. The van der Waals surface area contributed by atoms with Gasteiger partial charge < -0.3 is 20.5 Å². The van der Waals surface area contributed by atoms with Crippen molar-refractivity contribution in [2.24, 2.45) is 13.0 Å². The van der Waals surface area contributed by atoms with E-state index in [1.165, 1.54) is 37.8 Å². The predicted molar refractivity (Wildman–Crippen MR) is 196 cm³/mol. The number of fused-ring (bicyclic) bond motifs is 4. The first kappa shape index (κ1) is 39.8. The van der Waals surface area contributed by atoms with E-state index in [4.69, 9.17) is 21.3 Å². The Morgan fingerprint density at radius 3 is 2.44 bits per heavy atom. The van der Waals surface area contributed by atoms with Crippen molar-refractivity contribution in [1.29, 1.82) is 0 Å². The van der Waals surface area contributed by atoms with Crippen LogP contribution in [-0.4, -0.2) is 60.8 Å². The zero-order valence-electron chi connectivity index (χ0n) is 30.7. The Balaban J connectivity index is 1.37. The number of aryl methyl sites for hydroxylation is 1. The van der Waals surface area contributed by atoms with Crippen LogP contribution in [0.3, 0.4) is 0 Å². The standard InChI is InChI=1S/C39H34ClF6N7O4/c1-38(2,56)10-9-21-5-6-22(23-7-8-26(40)31-34(23)52(3)51-37(31)49-29(55)17-57-4)32(47-21)27(13-18-11-19(41)14-20(42)12-18)48-28(54)16-53-35-30(33(50-53)36(43)44)24-15-25(24)39(35,45)46/h5-8,11-12,14,24-25,27,36,56H,13,15-17H2,1-4H3,(H,48,54)(H,49,51,55)/t24-,25+,27-/m0/s1. The van der Waals surface area contributed by atoms with Crippen LogP contribution < -0.4 is 10.6 Å². The summed E-state index contributed by atoms with van der Waals surface area (Å²) in [5, 5.41) is 24.4. The molecule has 3 N–H and O–H groups in total. The summed E-state index contributed by atoms with van der Waals surface area (Å²) in [4.78, 5) is 31.2. The molecule has 0 bridgehead atoms. The molecule has 0 saturated heterocycles. The van der Waals surface area contributed by atoms with Crippen LogP contribution in [0.25, 0.3) is 22.0 Å². The van der Waals surface area contributed by atoms with Crippen molar-refractivity contribution in [1.82, 2.24) is 29.9 Å². The van der Waals surface area contributed by atoms with E-state index in [0.29, 0.717) is 32.8 Å². The predicted octanol–water partition coefficient (Wildman–Crippen LogP) is 6.72. The first-order valence-electron chi connectivity index (χ1n) is 17.6. The van der Waals surface area contributed by atoms with Crippen LogP contribution in [0.1, 0.15) is 72.6 Å². The van der Waals surface area contributed by atoms with Crippen LogP contribution in [0.5, 0.6) is 0 Å². The molecule has 2 amide bonds. The summed E-state index contributed by atoms with van der Waals surface area (Å²) in [7, 11) is 2.94. The van der Waals surface area contributed by atoms with Crippen LogP contribution in [0.2, 0.25) is 5.02 Å². The highest BCUT2D eigenvalue weighted by atomic mass is 35.5. The Bertz CT molecular complexity index is 2480. The lowest BCUT2D eigenvalue weighted by Crippen LogP contribution is -2.35. The SMILES string of the molecule is COCC(=O)Nc1nn(C)c2c(-c3ccc(C#CC(C)(C)O)nc3[C@H](Cc3cc(F)cc(F)c3)NC(=O)Cn3nc(C(F)F)c4c3C(F)(F)[C@@H]3C[C@H]43)ccc(Cl)c12. The van der Waals surface area contributed by atoms with E-state index in [-0.39, 0.29) is 52.8 Å². The zero-order valence-corrected chi connectivity index (χ0v) is 31.5. The Hall–Kier alpha value is -5.44. The number of ether oxygens (including phenoxy) is 1. The molecule has 0 spiro atoms. The van der Waals surface area contributed by atoms with E-state index in [2.05, 4.69) is 32.7 Å². The maximum Gasteiger partial charge on any atom is 0.293 e. The van der Waals surface area contributed by atoms with Gasteiger partial charge in [0, 0.05) is 42.8 Å². The van der Waals surface area contributed by atoms with Gasteiger partial charge >= 0.3 is 0 Å². The summed E-state index contributed by atoms with van der Waals surface area (Å²) in [6, 6.07) is 7.75. The van der Waals surface area contributed by atoms with Crippen molar-refractivity contribution in [3.05, 3.63) is 93.0 Å². The Morgan fingerprint density at radius 1 is 1.07 bits per heavy atom. The number of methoxy groups -OCH3 is 1. The fraction of sp³-hybridized carbons (Fsp3) is 0.359. The number of hydrogen-bond donors (Lipinski definition) is 3. The summed E-state index contributed by atoms with van der Waals surface area (Å²) < 4.78 is 95.0. The van der Waals surface area contributed by atoms with Crippen LogP contribution in [0.15, 0.2) is 42.5 Å². The van der Waals surface area contributed by atoms with Crippen molar-refractivity contribution in [3.8, 4) is 23.0 Å². The third-order valence-corrected chi connectivity index (χ3v) is 9.98. The number of nitrogens with zero attached hydrogens (tertiary/aromatic N) is 5. The van der Waals surface area contributed by atoms with Gasteiger partial charge in [0.1, 0.15) is 47.5 Å². The molecule has 0 aliphatic heterocycles. The molecule has 5 aromatic rings. The number of carbonyl (C=O) groups is 2. The van der Waals surface area contributed by atoms with Gasteiger partial charge in [0.25, 0.3) is 18.3 Å². The highest BCUT2D eigenvalue weighted by Gasteiger charge is 2.67. The van der Waals surface area contributed by atoms with Gasteiger partial charge in [0.2, 0.25) is 5.91 Å². The smallest absolute Gasteiger partial charge is 0.293 e. The molecule has 2 aromatic carbocycles. The lowest BCUT2D eigenvalue weighted by Gasteiger charge is -2.23. The number of hydrogen-bond acceptors (Lipinski definition) is 7. The summed E-state index contributed by atoms with van der Waals surface area (Å²) in [5.74, 6) is -3.21. The lowest BCUT2D eigenvalue weighted by molar-refractivity contribution is -0.123. The highest BCUT2D eigenvalue weighted by molar-refractivity contribution is 6.37. The van der Waals surface area contributed by atoms with Crippen molar-refractivity contribution < 1.29 is 45.8 Å². The van der Waals surface area contributed by atoms with Crippen LogP contribution >= 0.6 is 11.6 Å². The maximum absolute atomic E-state index is 15.4. The zero-order chi connectivity index (χ0) is 41.1. The number of amides is 2. The third kappa shape index (κ3) is 7.81. The molecular weight excluding hydrogens is 780 g/mol. The Kier molecular flexibility index (Phi) is 10.3. The number of aromatic nitrogens is 5. The lowest BCUT2D eigenvalue weighted by atomic mass is 9.93. The van der Waals surface area contributed by atoms with Gasteiger partial charge in [-0.3, -0.25) is 19.0 Å². The number of rotatable bonds is 11. The Morgan fingerprint density at radius 2 is 1.77 bits per heavy atom. The van der Waals surface area contributed by atoms with E-state index >= 15 is 8.78 Å². The molecule has 0 radical (unpaired) electrons. The first-order valence-corrected chi connectivity index (χ1v) is 18.0. The number of nitrogens with one attached hydrogen (secondary N) is 2. The van der Waals surface area contributed by atoms with Crippen molar-refractivity contribution in [3.63, 3.8) is 0 Å². The average molecular weight is 814 g/mol. The van der Waals surface area contributed by atoms with Gasteiger partial charge in [0.05, 0.1) is 27.7 Å². The number of alkyl halides is 4. The fourth-order valence-electron chi connectivity index (χ4n) is 7.37. The van der Waals surface area contributed by atoms with Gasteiger partial charge in [-0.25, -0.2) is 22.5 Å². The largest absolute Gasteiger partial charge is 0.378 e. The summed E-state index contributed by atoms with van der Waals surface area (Å²) >= 11 is 6.65. The van der Waals surface area contributed by atoms with E-state index in [9.17, 15) is 32.3 Å². The molecule has 18 heteroatoms. The van der Waals surface area contributed by atoms with Crippen LogP contribution in [0.4, 0.5) is 32.2 Å². The molecule has 11 nitrogen and oxygen atoms in total. The van der Waals surface area contributed by atoms with Gasteiger partial charge in [-0.1, -0.05) is 23.6 Å². The third-order valence-electron chi connectivity index (χ3n) is 9.67. The van der Waals surface area contributed by atoms with E-state index < -0.39 is 77.2 Å². The van der Waals surface area contributed by atoms with Crippen molar-refractivity contribution in [2.75, 3.05) is 19.0 Å². The van der Waals surface area contributed by atoms with Gasteiger partial charge in [-0.2, -0.15) is 19.0 Å². The molecule has 0 unspecified atom stereocenters. The second-order valence-electron chi connectivity index (χ2n) is 14.5. The van der Waals surface area contributed by atoms with E-state index in [1.54, 1.807) is 19.2 Å². The molecule has 3 aromatic heterocycles. The average Bonchev–Trinajstić information content (AvgIpc) is 3.65.